The summed E-state index contributed by atoms with van der Waals surface area (Å²) in [5.74, 6) is -0.225. The Morgan fingerprint density at radius 2 is 1.83 bits per heavy atom. The van der Waals surface area contributed by atoms with Crippen molar-refractivity contribution in [3.63, 3.8) is 0 Å². The maximum absolute atomic E-state index is 12.4. The van der Waals surface area contributed by atoms with E-state index in [4.69, 9.17) is 0 Å². The number of hydrogen-bond acceptors (Lipinski definition) is 2. The molecule has 0 spiro atoms. The van der Waals surface area contributed by atoms with Gasteiger partial charge in [-0.25, -0.2) is 4.39 Å². The maximum atomic E-state index is 12.4. The minimum absolute atomic E-state index is 0.225. The molecule has 64 valence electrons. The van der Waals surface area contributed by atoms with Crippen LogP contribution in [-0.2, 0) is 0 Å². The Balaban J connectivity index is 2.71. The lowest BCUT2D eigenvalue weighted by Gasteiger charge is -2.01. The Labute approximate surface area is 71.3 Å². The molecule has 0 aliphatic rings. The molecule has 0 aliphatic carbocycles. The van der Waals surface area contributed by atoms with Gasteiger partial charge in [0.05, 0.1) is 6.21 Å². The van der Waals surface area contributed by atoms with Gasteiger partial charge in [0.25, 0.3) is 0 Å². The number of hydrazone groups is 1. The smallest absolute Gasteiger partial charge is 0.123 e. The molecule has 0 saturated heterocycles. The minimum atomic E-state index is -0.225. The van der Waals surface area contributed by atoms with Crippen LogP contribution in [0.15, 0.2) is 29.4 Å². The third kappa shape index (κ3) is 2.70. The van der Waals surface area contributed by atoms with E-state index in [0.29, 0.717) is 0 Å². The monoisotopic (exact) mass is 166 g/mol. The van der Waals surface area contributed by atoms with Crippen LogP contribution in [0.4, 0.5) is 4.39 Å². The lowest BCUT2D eigenvalue weighted by atomic mass is 10.2. The lowest BCUT2D eigenvalue weighted by molar-refractivity contribution is 0.440. The third-order valence-electron chi connectivity index (χ3n) is 1.31. The Kier molecular flexibility index (Phi) is 2.80. The lowest BCUT2D eigenvalue weighted by Crippen LogP contribution is -2.01. The van der Waals surface area contributed by atoms with Gasteiger partial charge in [0.15, 0.2) is 0 Å². The van der Waals surface area contributed by atoms with Crippen LogP contribution in [0.2, 0.25) is 0 Å². The first-order chi connectivity index (χ1) is 5.68. The van der Waals surface area contributed by atoms with Crippen LogP contribution in [-0.4, -0.2) is 25.3 Å². The van der Waals surface area contributed by atoms with Gasteiger partial charge in [-0.3, -0.25) is 0 Å². The van der Waals surface area contributed by atoms with Crippen molar-refractivity contribution in [3.05, 3.63) is 35.6 Å². The number of halogens is 1. The molecular formula is C9H11FN2. The van der Waals surface area contributed by atoms with Gasteiger partial charge in [-0.15, -0.1) is 0 Å². The molecule has 1 aromatic rings. The van der Waals surface area contributed by atoms with Gasteiger partial charge in [-0.1, -0.05) is 12.1 Å². The molecule has 0 amide bonds. The van der Waals surface area contributed by atoms with Crippen LogP contribution < -0.4 is 0 Å². The van der Waals surface area contributed by atoms with Crippen LogP contribution in [0.25, 0.3) is 0 Å². The Morgan fingerprint density at radius 3 is 2.33 bits per heavy atom. The van der Waals surface area contributed by atoms with E-state index >= 15 is 0 Å². The van der Waals surface area contributed by atoms with Gasteiger partial charge < -0.3 is 5.01 Å². The van der Waals surface area contributed by atoms with E-state index in [-0.39, 0.29) is 5.82 Å². The van der Waals surface area contributed by atoms with Crippen LogP contribution >= 0.6 is 0 Å². The zero-order chi connectivity index (χ0) is 8.97. The average molecular weight is 166 g/mol. The molecule has 3 heteroatoms. The van der Waals surface area contributed by atoms with E-state index < -0.39 is 0 Å². The van der Waals surface area contributed by atoms with Gasteiger partial charge in [-0.05, 0) is 17.7 Å². The first-order valence-corrected chi connectivity index (χ1v) is 3.65. The Morgan fingerprint density at radius 1 is 1.25 bits per heavy atom. The third-order valence-corrected chi connectivity index (χ3v) is 1.31. The molecule has 0 aliphatic heterocycles. The molecule has 0 saturated carbocycles. The normalized spacial score (nSPS) is 10.6. The summed E-state index contributed by atoms with van der Waals surface area (Å²) < 4.78 is 12.4. The summed E-state index contributed by atoms with van der Waals surface area (Å²) >= 11 is 0. The summed E-state index contributed by atoms with van der Waals surface area (Å²) in [6, 6.07) is 6.19. The molecule has 0 radical (unpaired) electrons. The first-order valence-electron chi connectivity index (χ1n) is 3.65. The molecule has 0 fully saturated rings. The summed E-state index contributed by atoms with van der Waals surface area (Å²) in [6.45, 7) is 0. The Bertz CT molecular complexity index is 264. The Hall–Kier alpha value is -1.38. The predicted molar refractivity (Wildman–Crippen MR) is 47.7 cm³/mol. The fourth-order valence-electron chi connectivity index (χ4n) is 0.731. The van der Waals surface area contributed by atoms with Gasteiger partial charge in [0, 0.05) is 14.1 Å². The van der Waals surface area contributed by atoms with Crippen molar-refractivity contribution in [1.29, 1.82) is 0 Å². The second-order valence-electron chi connectivity index (χ2n) is 2.64. The predicted octanol–water partition coefficient (Wildman–Crippen LogP) is 1.72. The number of nitrogens with zero attached hydrogens (tertiary/aromatic N) is 2. The molecule has 0 unspecified atom stereocenters. The fourth-order valence-corrected chi connectivity index (χ4v) is 0.731. The second-order valence-corrected chi connectivity index (χ2v) is 2.64. The van der Waals surface area contributed by atoms with Crippen molar-refractivity contribution in [2.75, 3.05) is 14.1 Å². The SMILES string of the molecule is CN(C)/N=C/c1ccc(F)cc1. The van der Waals surface area contributed by atoms with Gasteiger partial charge >= 0.3 is 0 Å². The quantitative estimate of drug-likeness (QED) is 0.482. The molecule has 0 bridgehead atoms. The summed E-state index contributed by atoms with van der Waals surface area (Å²) in [5.41, 5.74) is 0.894. The zero-order valence-electron chi connectivity index (χ0n) is 7.16. The molecule has 0 atom stereocenters. The van der Waals surface area contributed by atoms with E-state index in [0.717, 1.165) is 5.56 Å². The second kappa shape index (κ2) is 3.85. The summed E-state index contributed by atoms with van der Waals surface area (Å²) in [7, 11) is 3.67. The molecule has 2 nitrogen and oxygen atoms in total. The van der Waals surface area contributed by atoms with Crippen LogP contribution in [0.5, 0.6) is 0 Å². The average Bonchev–Trinajstić information content (AvgIpc) is 2.03. The van der Waals surface area contributed by atoms with E-state index in [9.17, 15) is 4.39 Å². The zero-order valence-corrected chi connectivity index (χ0v) is 7.16. The fraction of sp³-hybridized carbons (Fsp3) is 0.222. The van der Waals surface area contributed by atoms with Gasteiger partial charge in [0.2, 0.25) is 0 Å². The summed E-state index contributed by atoms with van der Waals surface area (Å²) in [6.07, 6.45) is 1.68. The topological polar surface area (TPSA) is 15.6 Å². The highest BCUT2D eigenvalue weighted by molar-refractivity contribution is 5.79. The van der Waals surface area contributed by atoms with Crippen molar-refractivity contribution in [1.82, 2.24) is 5.01 Å². The molecule has 0 aromatic heterocycles. The van der Waals surface area contributed by atoms with Crippen LogP contribution in [0.3, 0.4) is 0 Å². The van der Waals surface area contributed by atoms with Crippen molar-refractivity contribution in [2.45, 2.75) is 0 Å². The molecule has 0 N–H and O–H groups in total. The molecular weight excluding hydrogens is 155 g/mol. The van der Waals surface area contributed by atoms with Crippen molar-refractivity contribution >= 4 is 6.21 Å². The van der Waals surface area contributed by atoms with Gasteiger partial charge in [-0.2, -0.15) is 5.10 Å². The van der Waals surface area contributed by atoms with E-state index in [2.05, 4.69) is 5.10 Å². The van der Waals surface area contributed by atoms with E-state index in [1.165, 1.54) is 12.1 Å². The summed E-state index contributed by atoms with van der Waals surface area (Å²) in [5, 5.41) is 5.69. The molecule has 0 heterocycles. The van der Waals surface area contributed by atoms with Crippen molar-refractivity contribution in [2.24, 2.45) is 5.10 Å². The number of benzene rings is 1. The van der Waals surface area contributed by atoms with Crippen LogP contribution in [0, 0.1) is 5.82 Å². The van der Waals surface area contributed by atoms with Crippen LogP contribution in [0.1, 0.15) is 5.56 Å². The van der Waals surface area contributed by atoms with Crippen molar-refractivity contribution in [3.8, 4) is 0 Å². The largest absolute Gasteiger partial charge is 0.303 e. The highest BCUT2D eigenvalue weighted by atomic mass is 19.1. The minimum Gasteiger partial charge on any atom is -0.303 e. The number of hydrogen-bond donors (Lipinski definition) is 0. The molecule has 1 rings (SSSR count). The maximum Gasteiger partial charge on any atom is 0.123 e. The number of rotatable bonds is 2. The standard InChI is InChI=1S/C9H11FN2/c1-12(2)11-7-8-3-5-9(10)6-4-8/h3-7H,1-2H3/b11-7+. The van der Waals surface area contributed by atoms with Gasteiger partial charge in [0.1, 0.15) is 5.82 Å². The summed E-state index contributed by atoms with van der Waals surface area (Å²) in [4.78, 5) is 0. The van der Waals surface area contributed by atoms with E-state index in [1.807, 2.05) is 14.1 Å². The molecule has 12 heavy (non-hydrogen) atoms. The van der Waals surface area contributed by atoms with Crippen molar-refractivity contribution < 1.29 is 4.39 Å². The molecule has 1 aromatic carbocycles. The highest BCUT2D eigenvalue weighted by Gasteiger charge is 1.88. The highest BCUT2D eigenvalue weighted by Crippen LogP contribution is 1.99. The first kappa shape index (κ1) is 8.71. The van der Waals surface area contributed by atoms with E-state index in [1.54, 1.807) is 23.4 Å².